The number of piperazine rings is 1. The molecule has 9 nitrogen and oxygen atoms in total. The van der Waals surface area contributed by atoms with Crippen LogP contribution in [0.1, 0.15) is 6.92 Å². The van der Waals surface area contributed by atoms with Crippen LogP contribution >= 0.6 is 0 Å². The fourth-order valence-electron chi connectivity index (χ4n) is 4.48. The molecule has 198 valence electrons. The summed E-state index contributed by atoms with van der Waals surface area (Å²) in [7, 11) is 2.15. The highest BCUT2D eigenvalue weighted by Crippen LogP contribution is 2.34. The number of benzene rings is 2. The molecule has 1 fully saturated rings. The van der Waals surface area contributed by atoms with E-state index >= 15 is 0 Å². The van der Waals surface area contributed by atoms with E-state index in [4.69, 9.17) is 9.47 Å². The largest absolute Gasteiger partial charge is 0.492 e. The molecule has 1 aliphatic rings. The third-order valence-corrected chi connectivity index (χ3v) is 6.56. The molecule has 1 amide bonds. The van der Waals surface area contributed by atoms with Crippen LogP contribution in [0.5, 0.6) is 5.75 Å². The van der Waals surface area contributed by atoms with Crippen LogP contribution in [-0.2, 0) is 4.74 Å². The first-order valence-corrected chi connectivity index (χ1v) is 12.7. The number of rotatable bonds is 8. The summed E-state index contributed by atoms with van der Waals surface area (Å²) in [5.41, 5.74) is 3.57. The smallest absolute Gasteiger partial charge is 0.413 e. The highest BCUT2D eigenvalue weighted by atomic mass is 19.1. The molecule has 3 heterocycles. The number of carbonyl (C=O) groups excluding carboxylic acids is 1. The zero-order valence-electron chi connectivity index (χ0n) is 21.5. The van der Waals surface area contributed by atoms with Gasteiger partial charge >= 0.3 is 6.09 Å². The van der Waals surface area contributed by atoms with Crippen LogP contribution in [0.25, 0.3) is 33.4 Å². The van der Waals surface area contributed by atoms with Crippen LogP contribution in [0.4, 0.5) is 15.1 Å². The molecule has 0 bridgehead atoms. The number of aromatic amines is 1. The van der Waals surface area contributed by atoms with Gasteiger partial charge in [0.1, 0.15) is 29.4 Å². The number of pyridine rings is 1. The number of aromatic nitrogens is 3. The normalized spacial score (nSPS) is 14.5. The first-order chi connectivity index (χ1) is 18.5. The number of fused-ring (bicyclic) bond motifs is 1. The number of halogens is 1. The van der Waals surface area contributed by atoms with Gasteiger partial charge in [0.2, 0.25) is 5.95 Å². The van der Waals surface area contributed by atoms with E-state index in [2.05, 4.69) is 37.1 Å². The van der Waals surface area contributed by atoms with Gasteiger partial charge in [-0.1, -0.05) is 12.1 Å². The summed E-state index contributed by atoms with van der Waals surface area (Å²) >= 11 is 0. The summed E-state index contributed by atoms with van der Waals surface area (Å²) in [5, 5.41) is 2.57. The van der Waals surface area contributed by atoms with Crippen molar-refractivity contribution in [3.05, 3.63) is 60.5 Å². The van der Waals surface area contributed by atoms with Crippen LogP contribution in [0, 0.1) is 5.82 Å². The fraction of sp³-hybridized carbons (Fsp3) is 0.321. The second-order valence-corrected chi connectivity index (χ2v) is 9.20. The van der Waals surface area contributed by atoms with Crippen molar-refractivity contribution in [1.82, 2.24) is 24.8 Å². The average Bonchev–Trinajstić information content (AvgIpc) is 3.32. The molecule has 10 heteroatoms. The van der Waals surface area contributed by atoms with E-state index in [1.54, 1.807) is 13.0 Å². The first-order valence-electron chi connectivity index (χ1n) is 12.7. The van der Waals surface area contributed by atoms with E-state index < -0.39 is 11.9 Å². The highest BCUT2D eigenvalue weighted by Gasteiger charge is 2.18. The number of imidazole rings is 1. The fourth-order valence-corrected chi connectivity index (χ4v) is 4.48. The van der Waals surface area contributed by atoms with Crippen molar-refractivity contribution in [3.63, 3.8) is 0 Å². The predicted molar refractivity (Wildman–Crippen MR) is 145 cm³/mol. The molecule has 1 aliphatic heterocycles. The molecule has 0 unspecified atom stereocenters. The van der Waals surface area contributed by atoms with Gasteiger partial charge in [-0.2, -0.15) is 0 Å². The van der Waals surface area contributed by atoms with Gasteiger partial charge in [-0.15, -0.1) is 0 Å². The van der Waals surface area contributed by atoms with Gasteiger partial charge in [0.15, 0.2) is 0 Å². The monoisotopic (exact) mass is 518 g/mol. The molecule has 5 rings (SSSR count). The molecule has 2 aromatic carbocycles. The summed E-state index contributed by atoms with van der Waals surface area (Å²) in [5.74, 6) is 0.539. The van der Waals surface area contributed by atoms with Gasteiger partial charge in [0.05, 0.1) is 12.1 Å². The van der Waals surface area contributed by atoms with Gasteiger partial charge in [-0.3, -0.25) is 15.2 Å². The van der Waals surface area contributed by atoms with E-state index in [9.17, 15) is 9.18 Å². The van der Waals surface area contributed by atoms with Crippen molar-refractivity contribution in [2.45, 2.75) is 6.92 Å². The van der Waals surface area contributed by atoms with Crippen LogP contribution < -0.4 is 10.1 Å². The second-order valence-electron chi connectivity index (χ2n) is 9.20. The van der Waals surface area contributed by atoms with Gasteiger partial charge in [0.25, 0.3) is 0 Å². The molecule has 2 aromatic heterocycles. The Hall–Kier alpha value is -4.02. The summed E-state index contributed by atoms with van der Waals surface area (Å²) in [6.45, 7) is 7.76. The molecular weight excluding hydrogens is 487 g/mol. The lowest BCUT2D eigenvalue weighted by Crippen LogP contribution is -2.45. The highest BCUT2D eigenvalue weighted by molar-refractivity contribution is 5.97. The van der Waals surface area contributed by atoms with E-state index in [1.807, 2.05) is 36.4 Å². The van der Waals surface area contributed by atoms with Gasteiger partial charge in [0, 0.05) is 44.5 Å². The van der Waals surface area contributed by atoms with E-state index in [-0.39, 0.29) is 18.2 Å². The maximum Gasteiger partial charge on any atom is 0.413 e. The van der Waals surface area contributed by atoms with Crippen LogP contribution in [0.3, 0.4) is 0 Å². The molecule has 0 radical (unpaired) electrons. The molecule has 0 spiro atoms. The predicted octanol–water partition coefficient (Wildman–Crippen LogP) is 4.63. The number of anilines is 1. The minimum absolute atomic E-state index is 0.178. The number of nitrogens with zero attached hydrogens (tertiary/aromatic N) is 4. The average molecular weight is 519 g/mol. The summed E-state index contributed by atoms with van der Waals surface area (Å²) in [4.78, 5) is 28.5. The maximum atomic E-state index is 14.8. The number of H-pyrrole nitrogens is 1. The molecule has 0 atom stereocenters. The zero-order valence-corrected chi connectivity index (χ0v) is 21.5. The Labute approximate surface area is 220 Å². The Morgan fingerprint density at radius 3 is 2.63 bits per heavy atom. The second kappa shape index (κ2) is 11.6. The van der Waals surface area contributed by atoms with Crippen molar-refractivity contribution in [3.8, 4) is 28.1 Å². The van der Waals surface area contributed by atoms with Gasteiger partial charge in [-0.25, -0.2) is 14.2 Å². The van der Waals surface area contributed by atoms with Crippen LogP contribution in [-0.4, -0.2) is 83.8 Å². The minimum Gasteiger partial charge on any atom is -0.492 e. The number of carbonyl (C=O) groups is 1. The quantitative estimate of drug-likeness (QED) is 0.351. The molecule has 0 saturated carbocycles. The van der Waals surface area contributed by atoms with E-state index in [0.717, 1.165) is 49.6 Å². The number of nitrogens with one attached hydrogen (secondary N) is 2. The molecular formula is C28H31FN6O3. The Bertz CT molecular complexity index is 1400. The van der Waals surface area contributed by atoms with Crippen LogP contribution in [0.15, 0.2) is 54.7 Å². The zero-order chi connectivity index (χ0) is 26.5. The van der Waals surface area contributed by atoms with Crippen molar-refractivity contribution in [2.24, 2.45) is 0 Å². The molecule has 0 aliphatic carbocycles. The standard InChI is InChI=1S/C28H31FN6O3/c1-3-37-28(36)33-27-31-24-18-20(17-22(26(24)32-27)25-23(29)5-4-10-30-25)19-6-8-21(9-7-19)38-16-15-35-13-11-34(2)12-14-35/h4-10,17-18H,3,11-16H2,1-2H3,(H2,31,32,33,36). The van der Waals surface area contributed by atoms with Crippen molar-refractivity contribution in [1.29, 1.82) is 0 Å². The SMILES string of the molecule is CCOC(=O)Nc1nc2c(-c3ncccc3F)cc(-c3ccc(OCCN4CCN(C)CC4)cc3)cc2[nH]1. The summed E-state index contributed by atoms with van der Waals surface area (Å²) < 4.78 is 25.7. The Morgan fingerprint density at radius 1 is 1.11 bits per heavy atom. The number of hydrogen-bond acceptors (Lipinski definition) is 7. The minimum atomic E-state index is -0.624. The number of hydrogen-bond donors (Lipinski definition) is 2. The van der Waals surface area contributed by atoms with E-state index in [1.165, 1.54) is 12.3 Å². The third kappa shape index (κ3) is 5.92. The Kier molecular flexibility index (Phi) is 7.81. The molecule has 1 saturated heterocycles. The van der Waals surface area contributed by atoms with Gasteiger partial charge in [-0.05, 0) is 61.5 Å². The first kappa shape index (κ1) is 25.6. The van der Waals surface area contributed by atoms with Crippen molar-refractivity contribution < 1.29 is 18.7 Å². The summed E-state index contributed by atoms with van der Waals surface area (Å²) in [6, 6.07) is 14.5. The van der Waals surface area contributed by atoms with E-state index in [0.29, 0.717) is 23.2 Å². The lowest BCUT2D eigenvalue weighted by Gasteiger charge is -2.32. The van der Waals surface area contributed by atoms with Crippen LogP contribution in [0.2, 0.25) is 0 Å². The van der Waals surface area contributed by atoms with Gasteiger partial charge < -0.3 is 19.4 Å². The summed E-state index contributed by atoms with van der Waals surface area (Å²) in [6.07, 6.45) is 0.913. The number of ether oxygens (including phenoxy) is 2. The maximum absolute atomic E-state index is 14.8. The van der Waals surface area contributed by atoms with Crippen molar-refractivity contribution in [2.75, 3.05) is 58.3 Å². The molecule has 4 aromatic rings. The van der Waals surface area contributed by atoms with Crippen molar-refractivity contribution >= 4 is 23.1 Å². The lowest BCUT2D eigenvalue weighted by molar-refractivity contribution is 0.134. The Morgan fingerprint density at radius 2 is 1.89 bits per heavy atom. The number of likely N-dealkylation sites (N-methyl/N-ethyl adjacent to an activating group) is 1. The topological polar surface area (TPSA) is 95.6 Å². The number of amides is 1. The third-order valence-electron chi connectivity index (χ3n) is 6.56. The lowest BCUT2D eigenvalue weighted by atomic mass is 9.99. The molecule has 38 heavy (non-hydrogen) atoms. The molecule has 2 N–H and O–H groups in total. The Balaban J connectivity index is 1.38.